The van der Waals surface area contributed by atoms with Gasteiger partial charge in [-0.1, -0.05) is 17.7 Å². The first kappa shape index (κ1) is 18.9. The van der Waals surface area contributed by atoms with E-state index in [1.807, 2.05) is 0 Å². The third kappa shape index (κ3) is 4.11. The molecule has 0 saturated heterocycles. The molecule has 142 valence electrons. The Morgan fingerprint density at radius 2 is 1.85 bits per heavy atom. The molecule has 2 aromatic rings. The number of fused-ring (bicyclic) bond motifs is 1. The fourth-order valence-corrected chi connectivity index (χ4v) is 2.62. The number of hydrogen-bond acceptors (Lipinski definition) is 5. The first-order valence-corrected chi connectivity index (χ1v) is 8.29. The van der Waals surface area contributed by atoms with Crippen molar-refractivity contribution in [3.05, 3.63) is 52.6 Å². The number of nitrogens with one attached hydrogen (secondary N) is 1. The lowest BCUT2D eigenvalue weighted by Gasteiger charge is -2.20. The van der Waals surface area contributed by atoms with Crippen molar-refractivity contribution in [3.63, 3.8) is 0 Å². The molecule has 1 aliphatic rings. The van der Waals surface area contributed by atoms with Gasteiger partial charge in [-0.25, -0.2) is 13.6 Å². The van der Waals surface area contributed by atoms with E-state index in [0.29, 0.717) is 19.0 Å². The van der Waals surface area contributed by atoms with E-state index in [0.717, 1.165) is 18.2 Å². The molecule has 6 nitrogen and oxygen atoms in total. The molecule has 0 fully saturated rings. The molecule has 2 aromatic carbocycles. The van der Waals surface area contributed by atoms with Crippen LogP contribution in [0.15, 0.2) is 30.3 Å². The van der Waals surface area contributed by atoms with Crippen LogP contribution < -0.4 is 14.8 Å². The highest BCUT2D eigenvalue weighted by Crippen LogP contribution is 2.38. The van der Waals surface area contributed by atoms with Crippen molar-refractivity contribution in [2.75, 3.05) is 18.5 Å². The van der Waals surface area contributed by atoms with Gasteiger partial charge < -0.3 is 19.5 Å². The largest absolute Gasteiger partial charge is 0.486 e. The van der Waals surface area contributed by atoms with E-state index in [1.54, 1.807) is 0 Å². The molecule has 1 atom stereocenters. The van der Waals surface area contributed by atoms with Gasteiger partial charge in [0.15, 0.2) is 17.6 Å². The number of benzene rings is 2. The van der Waals surface area contributed by atoms with Gasteiger partial charge in [-0.05, 0) is 31.2 Å². The molecule has 1 aliphatic heterocycles. The quantitative estimate of drug-likeness (QED) is 0.798. The number of halogens is 3. The average molecular weight is 398 g/mol. The maximum atomic E-state index is 13.6. The summed E-state index contributed by atoms with van der Waals surface area (Å²) in [5.74, 6) is -3.03. The zero-order valence-electron chi connectivity index (χ0n) is 14.1. The van der Waals surface area contributed by atoms with E-state index in [4.69, 9.17) is 25.8 Å². The van der Waals surface area contributed by atoms with E-state index in [-0.39, 0.29) is 16.3 Å². The van der Waals surface area contributed by atoms with E-state index < -0.39 is 35.3 Å². The molecule has 1 N–H and O–H groups in total. The molecular weight excluding hydrogens is 384 g/mol. The van der Waals surface area contributed by atoms with Gasteiger partial charge in [-0.3, -0.25) is 4.79 Å². The summed E-state index contributed by atoms with van der Waals surface area (Å²) in [4.78, 5) is 24.4. The molecule has 9 heteroatoms. The van der Waals surface area contributed by atoms with Gasteiger partial charge in [-0.15, -0.1) is 0 Å². The van der Waals surface area contributed by atoms with Gasteiger partial charge in [-0.2, -0.15) is 0 Å². The molecule has 0 unspecified atom stereocenters. The lowest BCUT2D eigenvalue weighted by molar-refractivity contribution is -0.123. The van der Waals surface area contributed by atoms with Crippen molar-refractivity contribution in [2.24, 2.45) is 0 Å². The number of ether oxygens (including phenoxy) is 3. The topological polar surface area (TPSA) is 73.9 Å². The van der Waals surface area contributed by atoms with Crippen LogP contribution >= 0.6 is 11.6 Å². The molecule has 0 aromatic heterocycles. The Kier molecular flexibility index (Phi) is 5.46. The van der Waals surface area contributed by atoms with E-state index in [9.17, 15) is 18.4 Å². The zero-order chi connectivity index (χ0) is 19.6. The second-order valence-corrected chi connectivity index (χ2v) is 6.02. The van der Waals surface area contributed by atoms with Crippen LogP contribution in [0.25, 0.3) is 0 Å². The minimum Gasteiger partial charge on any atom is -0.486 e. The maximum absolute atomic E-state index is 13.6. The van der Waals surface area contributed by atoms with Gasteiger partial charge in [0.1, 0.15) is 30.5 Å². The van der Waals surface area contributed by atoms with Gasteiger partial charge in [0.05, 0.1) is 10.6 Å². The Labute approximate surface area is 158 Å². The maximum Gasteiger partial charge on any atom is 0.339 e. The first-order chi connectivity index (χ1) is 12.9. The monoisotopic (exact) mass is 397 g/mol. The van der Waals surface area contributed by atoms with Crippen LogP contribution in [0.3, 0.4) is 0 Å². The van der Waals surface area contributed by atoms with Crippen LogP contribution in [-0.4, -0.2) is 31.2 Å². The highest BCUT2D eigenvalue weighted by atomic mass is 35.5. The van der Waals surface area contributed by atoms with Crippen molar-refractivity contribution in [3.8, 4) is 11.5 Å². The lowest BCUT2D eigenvalue weighted by Crippen LogP contribution is -2.30. The molecule has 0 spiro atoms. The fourth-order valence-electron chi connectivity index (χ4n) is 2.35. The summed E-state index contributed by atoms with van der Waals surface area (Å²) in [6.07, 6.45) is -1.32. The number of carbonyl (C=O) groups is 2. The molecule has 0 radical (unpaired) electrons. The highest BCUT2D eigenvalue weighted by Gasteiger charge is 2.24. The summed E-state index contributed by atoms with van der Waals surface area (Å²) >= 11 is 6.06. The number of para-hydroxylation sites is 1. The number of anilines is 1. The Morgan fingerprint density at radius 1 is 1.19 bits per heavy atom. The first-order valence-electron chi connectivity index (χ1n) is 7.92. The summed E-state index contributed by atoms with van der Waals surface area (Å²) in [5, 5.41) is 2.22. The summed E-state index contributed by atoms with van der Waals surface area (Å²) in [6, 6.07) is 5.84. The Bertz CT molecular complexity index is 885. The van der Waals surface area contributed by atoms with Crippen LogP contribution in [0.2, 0.25) is 5.02 Å². The molecule has 3 rings (SSSR count). The zero-order valence-corrected chi connectivity index (χ0v) is 14.8. The van der Waals surface area contributed by atoms with Crippen molar-refractivity contribution in [1.82, 2.24) is 0 Å². The molecule has 1 heterocycles. The van der Waals surface area contributed by atoms with Crippen LogP contribution in [0.5, 0.6) is 11.5 Å². The van der Waals surface area contributed by atoms with Crippen LogP contribution in [0.1, 0.15) is 17.3 Å². The summed E-state index contributed by atoms with van der Waals surface area (Å²) < 4.78 is 43.0. The number of carbonyl (C=O) groups excluding carboxylic acids is 2. The Hall–Kier alpha value is -2.87. The van der Waals surface area contributed by atoms with Crippen LogP contribution in [0.4, 0.5) is 14.5 Å². The molecule has 27 heavy (non-hydrogen) atoms. The smallest absolute Gasteiger partial charge is 0.339 e. The number of esters is 1. The summed E-state index contributed by atoms with van der Waals surface area (Å²) in [7, 11) is 0. The predicted molar refractivity (Wildman–Crippen MR) is 92.3 cm³/mol. The Balaban J connectivity index is 1.70. The average Bonchev–Trinajstić information content (AvgIpc) is 2.64. The molecule has 0 aliphatic carbocycles. The number of hydrogen-bond donors (Lipinski definition) is 1. The van der Waals surface area contributed by atoms with E-state index in [1.165, 1.54) is 19.1 Å². The minimum absolute atomic E-state index is 0.0426. The van der Waals surface area contributed by atoms with Crippen LogP contribution in [0, 0.1) is 11.6 Å². The van der Waals surface area contributed by atoms with Crippen LogP contribution in [-0.2, 0) is 9.53 Å². The second-order valence-electron chi connectivity index (χ2n) is 5.62. The second kappa shape index (κ2) is 7.79. The minimum atomic E-state index is -1.32. The lowest BCUT2D eigenvalue weighted by atomic mass is 10.2. The number of rotatable bonds is 4. The van der Waals surface area contributed by atoms with Crippen molar-refractivity contribution >= 4 is 29.2 Å². The molecule has 0 saturated carbocycles. The molecular formula is C18H14ClF2NO5. The SMILES string of the molecule is C[C@H](OC(=O)c1cc(Cl)c2c(c1)OCCO2)C(=O)Nc1c(F)cccc1F. The van der Waals surface area contributed by atoms with Gasteiger partial charge in [0, 0.05) is 0 Å². The third-order valence-corrected chi connectivity index (χ3v) is 3.98. The molecule has 0 bridgehead atoms. The van der Waals surface area contributed by atoms with Crippen molar-refractivity contribution < 1.29 is 32.6 Å². The normalized spacial score (nSPS) is 13.6. The predicted octanol–water partition coefficient (Wildman–Crippen LogP) is 3.57. The fraction of sp³-hybridized carbons (Fsp3) is 0.222. The van der Waals surface area contributed by atoms with Gasteiger partial charge in [0.25, 0.3) is 5.91 Å². The molecule has 1 amide bonds. The van der Waals surface area contributed by atoms with Crippen molar-refractivity contribution in [1.29, 1.82) is 0 Å². The van der Waals surface area contributed by atoms with E-state index in [2.05, 4.69) is 5.32 Å². The summed E-state index contributed by atoms with van der Waals surface area (Å²) in [6.45, 7) is 1.90. The van der Waals surface area contributed by atoms with Crippen molar-refractivity contribution in [2.45, 2.75) is 13.0 Å². The highest BCUT2D eigenvalue weighted by molar-refractivity contribution is 6.32. The Morgan fingerprint density at radius 3 is 2.56 bits per heavy atom. The van der Waals surface area contributed by atoms with E-state index >= 15 is 0 Å². The number of amides is 1. The van der Waals surface area contributed by atoms with Gasteiger partial charge >= 0.3 is 5.97 Å². The third-order valence-electron chi connectivity index (χ3n) is 3.70. The van der Waals surface area contributed by atoms with Gasteiger partial charge in [0.2, 0.25) is 0 Å². The standard InChI is InChI=1S/C18H14ClF2NO5/c1-9(17(23)22-15-12(20)3-2-4-13(15)21)27-18(24)10-7-11(19)16-14(8-10)25-5-6-26-16/h2-4,7-9H,5-6H2,1H3,(H,22,23)/t9-/m0/s1. The summed E-state index contributed by atoms with van der Waals surface area (Å²) in [5.41, 5.74) is -0.575.